The number of carboxylic acids is 1. The van der Waals surface area contributed by atoms with Crippen LogP contribution < -0.4 is 0 Å². The van der Waals surface area contributed by atoms with Gasteiger partial charge < -0.3 is 5.11 Å². The first-order valence-electron chi connectivity index (χ1n) is 5.91. The Kier molecular flexibility index (Phi) is 3.43. The average Bonchev–Trinajstić information content (AvgIpc) is 2.35. The van der Waals surface area contributed by atoms with Crippen LogP contribution in [-0.4, -0.2) is 11.1 Å². The molecule has 0 amide bonds. The molecule has 17 heavy (non-hydrogen) atoms. The van der Waals surface area contributed by atoms with Gasteiger partial charge in [0.2, 0.25) is 0 Å². The average molecular weight is 228 g/mol. The largest absolute Gasteiger partial charge is 0.481 e. The van der Waals surface area contributed by atoms with E-state index in [0.717, 1.165) is 5.56 Å². The van der Waals surface area contributed by atoms with Gasteiger partial charge in [0.15, 0.2) is 0 Å². The van der Waals surface area contributed by atoms with Crippen molar-refractivity contribution in [3.63, 3.8) is 0 Å². The van der Waals surface area contributed by atoms with Gasteiger partial charge in [0, 0.05) is 0 Å². The van der Waals surface area contributed by atoms with Crippen LogP contribution in [0.15, 0.2) is 42.5 Å². The number of rotatable bonds is 4. The van der Waals surface area contributed by atoms with Gasteiger partial charge in [0.25, 0.3) is 0 Å². The number of carboxylic acid groups (broad SMARTS) is 1. The minimum Gasteiger partial charge on any atom is -0.481 e. The van der Waals surface area contributed by atoms with Crippen molar-refractivity contribution >= 4 is 16.7 Å². The second-order valence-corrected chi connectivity index (χ2v) is 4.33. The van der Waals surface area contributed by atoms with Crippen LogP contribution in [0.5, 0.6) is 0 Å². The number of hydrogen-bond donors (Lipinski definition) is 1. The zero-order chi connectivity index (χ0) is 12.3. The summed E-state index contributed by atoms with van der Waals surface area (Å²) in [7, 11) is 0. The Hall–Kier alpha value is -1.83. The van der Waals surface area contributed by atoms with Crippen molar-refractivity contribution in [2.24, 2.45) is 5.92 Å². The van der Waals surface area contributed by atoms with Gasteiger partial charge >= 0.3 is 5.97 Å². The molecule has 0 unspecified atom stereocenters. The minimum absolute atomic E-state index is 0.281. The summed E-state index contributed by atoms with van der Waals surface area (Å²) in [6.45, 7) is 1.92. The molecule has 2 aromatic carbocycles. The lowest BCUT2D eigenvalue weighted by molar-refractivity contribution is -0.141. The Balaban J connectivity index is 2.27. The van der Waals surface area contributed by atoms with Crippen molar-refractivity contribution in [2.75, 3.05) is 0 Å². The number of hydrogen-bond acceptors (Lipinski definition) is 1. The molecule has 2 nitrogen and oxygen atoms in total. The Labute approximate surface area is 101 Å². The van der Waals surface area contributed by atoms with Gasteiger partial charge in [-0.05, 0) is 29.2 Å². The monoisotopic (exact) mass is 228 g/mol. The van der Waals surface area contributed by atoms with E-state index in [2.05, 4.69) is 24.3 Å². The Morgan fingerprint density at radius 3 is 2.53 bits per heavy atom. The van der Waals surface area contributed by atoms with Crippen LogP contribution in [0, 0.1) is 5.92 Å². The maximum absolute atomic E-state index is 11.0. The van der Waals surface area contributed by atoms with Gasteiger partial charge in [-0.1, -0.05) is 49.4 Å². The topological polar surface area (TPSA) is 37.3 Å². The third-order valence-electron chi connectivity index (χ3n) is 3.14. The molecule has 0 fully saturated rings. The van der Waals surface area contributed by atoms with E-state index in [-0.39, 0.29) is 5.92 Å². The predicted molar refractivity (Wildman–Crippen MR) is 69.1 cm³/mol. The zero-order valence-electron chi connectivity index (χ0n) is 9.89. The summed E-state index contributed by atoms with van der Waals surface area (Å²) < 4.78 is 0. The van der Waals surface area contributed by atoms with Crippen LogP contribution in [0.2, 0.25) is 0 Å². The fraction of sp³-hybridized carbons (Fsp3) is 0.267. The SMILES string of the molecule is CC[C@@H](Cc1ccc2ccccc2c1)C(=O)O. The predicted octanol–water partition coefficient (Wildman–Crippen LogP) is 3.49. The summed E-state index contributed by atoms with van der Waals surface area (Å²) in [5.74, 6) is -0.989. The quantitative estimate of drug-likeness (QED) is 0.869. The highest BCUT2D eigenvalue weighted by Crippen LogP contribution is 2.19. The fourth-order valence-corrected chi connectivity index (χ4v) is 2.06. The van der Waals surface area contributed by atoms with Crippen molar-refractivity contribution in [2.45, 2.75) is 19.8 Å². The highest BCUT2D eigenvalue weighted by molar-refractivity contribution is 5.83. The normalized spacial score (nSPS) is 12.5. The Morgan fingerprint density at radius 1 is 1.18 bits per heavy atom. The second kappa shape index (κ2) is 5.00. The van der Waals surface area contributed by atoms with E-state index >= 15 is 0 Å². The molecule has 2 rings (SSSR count). The van der Waals surface area contributed by atoms with Crippen LogP contribution in [0.1, 0.15) is 18.9 Å². The van der Waals surface area contributed by atoms with Crippen molar-refractivity contribution in [3.8, 4) is 0 Å². The standard InChI is InChI=1S/C15H16O2/c1-2-12(15(16)17)9-11-7-8-13-5-3-4-6-14(13)10-11/h3-8,10,12H,2,9H2,1H3,(H,16,17)/t12-/m0/s1. The van der Waals surface area contributed by atoms with Crippen LogP contribution >= 0.6 is 0 Å². The van der Waals surface area contributed by atoms with E-state index in [1.165, 1.54) is 10.8 Å². The molecule has 2 heteroatoms. The molecule has 0 aliphatic rings. The minimum atomic E-state index is -0.708. The smallest absolute Gasteiger partial charge is 0.306 e. The van der Waals surface area contributed by atoms with E-state index in [1.54, 1.807) is 0 Å². The van der Waals surface area contributed by atoms with Crippen LogP contribution in [0.25, 0.3) is 10.8 Å². The van der Waals surface area contributed by atoms with E-state index in [1.807, 2.05) is 25.1 Å². The summed E-state index contributed by atoms with van der Waals surface area (Å²) in [4.78, 5) is 11.0. The maximum Gasteiger partial charge on any atom is 0.306 e. The molecule has 0 saturated heterocycles. The second-order valence-electron chi connectivity index (χ2n) is 4.33. The van der Waals surface area contributed by atoms with Gasteiger partial charge in [-0.2, -0.15) is 0 Å². The van der Waals surface area contributed by atoms with E-state index in [0.29, 0.717) is 12.8 Å². The summed E-state index contributed by atoms with van der Waals surface area (Å²) in [5, 5.41) is 11.4. The molecule has 0 spiro atoms. The van der Waals surface area contributed by atoms with Crippen LogP contribution in [0.3, 0.4) is 0 Å². The third kappa shape index (κ3) is 2.64. The molecule has 0 bridgehead atoms. The fourth-order valence-electron chi connectivity index (χ4n) is 2.06. The van der Waals surface area contributed by atoms with Crippen molar-refractivity contribution in [3.05, 3.63) is 48.0 Å². The summed E-state index contributed by atoms with van der Waals surface area (Å²) >= 11 is 0. The molecular formula is C15H16O2. The molecule has 2 aromatic rings. The highest BCUT2D eigenvalue weighted by atomic mass is 16.4. The van der Waals surface area contributed by atoms with E-state index in [4.69, 9.17) is 5.11 Å². The van der Waals surface area contributed by atoms with Crippen LogP contribution in [-0.2, 0) is 11.2 Å². The molecule has 0 saturated carbocycles. The van der Waals surface area contributed by atoms with Gasteiger partial charge in [0.1, 0.15) is 0 Å². The number of carbonyl (C=O) groups is 1. The third-order valence-corrected chi connectivity index (χ3v) is 3.14. The zero-order valence-corrected chi connectivity index (χ0v) is 9.89. The molecule has 0 heterocycles. The number of benzene rings is 2. The molecule has 1 N–H and O–H groups in total. The van der Waals surface area contributed by atoms with Gasteiger partial charge in [-0.3, -0.25) is 4.79 Å². The molecule has 0 aromatic heterocycles. The summed E-state index contributed by atoms with van der Waals surface area (Å²) in [6, 6.07) is 14.3. The van der Waals surface area contributed by atoms with E-state index in [9.17, 15) is 4.79 Å². The Morgan fingerprint density at radius 2 is 1.88 bits per heavy atom. The van der Waals surface area contributed by atoms with Crippen molar-refractivity contribution in [1.29, 1.82) is 0 Å². The summed E-state index contributed by atoms with van der Waals surface area (Å²) in [6.07, 6.45) is 1.28. The first-order chi connectivity index (χ1) is 8.20. The van der Waals surface area contributed by atoms with Crippen LogP contribution in [0.4, 0.5) is 0 Å². The Bertz CT molecular complexity index is 531. The number of aliphatic carboxylic acids is 1. The summed E-state index contributed by atoms with van der Waals surface area (Å²) in [5.41, 5.74) is 1.10. The molecule has 0 aliphatic carbocycles. The van der Waals surface area contributed by atoms with Crippen molar-refractivity contribution in [1.82, 2.24) is 0 Å². The lowest BCUT2D eigenvalue weighted by atomic mass is 9.95. The first-order valence-corrected chi connectivity index (χ1v) is 5.91. The molecular weight excluding hydrogens is 212 g/mol. The first kappa shape index (κ1) is 11.6. The van der Waals surface area contributed by atoms with Gasteiger partial charge in [0.05, 0.1) is 5.92 Å². The molecule has 0 radical (unpaired) electrons. The van der Waals surface area contributed by atoms with Crippen molar-refractivity contribution < 1.29 is 9.90 Å². The van der Waals surface area contributed by atoms with Gasteiger partial charge in [-0.25, -0.2) is 0 Å². The molecule has 0 aliphatic heterocycles. The lowest BCUT2D eigenvalue weighted by Crippen LogP contribution is -2.15. The molecule has 88 valence electrons. The molecule has 1 atom stereocenters. The van der Waals surface area contributed by atoms with E-state index < -0.39 is 5.97 Å². The van der Waals surface area contributed by atoms with Gasteiger partial charge in [-0.15, -0.1) is 0 Å². The lowest BCUT2D eigenvalue weighted by Gasteiger charge is -2.10. The highest BCUT2D eigenvalue weighted by Gasteiger charge is 2.15. The number of fused-ring (bicyclic) bond motifs is 1. The maximum atomic E-state index is 11.0.